The summed E-state index contributed by atoms with van der Waals surface area (Å²) in [6, 6.07) is 6.70. The number of hydrogen-bond acceptors (Lipinski definition) is 5. The van der Waals surface area contributed by atoms with Crippen molar-refractivity contribution < 1.29 is 14.6 Å². The average Bonchev–Trinajstić information content (AvgIpc) is 2.49. The van der Waals surface area contributed by atoms with Crippen molar-refractivity contribution in [3.05, 3.63) is 72.8 Å². The Labute approximate surface area is 137 Å². The summed E-state index contributed by atoms with van der Waals surface area (Å²) >= 11 is 0. The largest absolute Gasteiger partial charge is 0.321 e. The third kappa shape index (κ3) is 3.37. The van der Waals surface area contributed by atoms with E-state index in [2.05, 4.69) is 5.32 Å². The Bertz CT molecular complexity index is 838. The quantitative estimate of drug-likeness (QED) is 0.678. The molecule has 0 aliphatic carbocycles. The first-order valence-electron chi connectivity index (χ1n) is 7.02. The zero-order chi connectivity index (χ0) is 18.0. The maximum Gasteiger partial charge on any atom is 0.289 e. The van der Waals surface area contributed by atoms with E-state index in [9.17, 15) is 25.0 Å². The van der Waals surface area contributed by atoms with Crippen LogP contribution >= 0.6 is 0 Å². The Morgan fingerprint density at radius 1 is 0.958 bits per heavy atom. The van der Waals surface area contributed by atoms with Gasteiger partial charge in [-0.3, -0.25) is 25.0 Å². The van der Waals surface area contributed by atoms with Crippen LogP contribution in [-0.2, 0) is 0 Å². The molecule has 0 aliphatic rings. The number of anilines is 1. The zero-order valence-corrected chi connectivity index (χ0v) is 13.3. The highest BCUT2D eigenvalue weighted by Crippen LogP contribution is 2.27. The molecular formula is C16H15N3O5. The smallest absolute Gasteiger partial charge is 0.289 e. The molecule has 0 fully saturated rings. The lowest BCUT2D eigenvalue weighted by molar-refractivity contribution is -0.394. The van der Waals surface area contributed by atoms with E-state index in [0.717, 1.165) is 34.9 Å². The molecular weight excluding hydrogens is 314 g/mol. The number of nitro benzene ring substituents is 2. The molecule has 2 rings (SSSR count). The molecule has 124 valence electrons. The van der Waals surface area contributed by atoms with Gasteiger partial charge >= 0.3 is 0 Å². The van der Waals surface area contributed by atoms with Crippen LogP contribution in [0.2, 0.25) is 0 Å². The summed E-state index contributed by atoms with van der Waals surface area (Å²) in [6.45, 7) is 5.56. The summed E-state index contributed by atoms with van der Waals surface area (Å²) in [5.41, 5.74) is 1.97. The molecule has 24 heavy (non-hydrogen) atoms. The predicted octanol–water partition coefficient (Wildman–Crippen LogP) is 3.68. The highest BCUT2D eigenvalue weighted by atomic mass is 16.6. The Hall–Kier alpha value is -3.29. The molecule has 0 saturated heterocycles. The highest BCUT2D eigenvalue weighted by molar-refractivity contribution is 6.08. The molecule has 0 spiro atoms. The van der Waals surface area contributed by atoms with Crippen LogP contribution in [0.4, 0.5) is 17.1 Å². The van der Waals surface area contributed by atoms with Crippen molar-refractivity contribution in [3.63, 3.8) is 0 Å². The molecule has 0 aromatic heterocycles. The van der Waals surface area contributed by atoms with Gasteiger partial charge in [-0.25, -0.2) is 0 Å². The molecule has 1 amide bonds. The first-order valence-corrected chi connectivity index (χ1v) is 7.02. The van der Waals surface area contributed by atoms with Gasteiger partial charge in [-0.2, -0.15) is 0 Å². The fraction of sp³-hybridized carbons (Fsp3) is 0.188. The summed E-state index contributed by atoms with van der Waals surface area (Å²) in [6.07, 6.45) is 0. The van der Waals surface area contributed by atoms with Crippen molar-refractivity contribution >= 4 is 23.0 Å². The lowest BCUT2D eigenvalue weighted by Crippen LogP contribution is -2.16. The number of amides is 1. The van der Waals surface area contributed by atoms with Gasteiger partial charge < -0.3 is 5.32 Å². The second-order valence-electron chi connectivity index (χ2n) is 5.44. The highest BCUT2D eigenvalue weighted by Gasteiger charge is 2.24. The fourth-order valence-electron chi connectivity index (χ4n) is 2.53. The molecule has 0 unspecified atom stereocenters. The first kappa shape index (κ1) is 17.1. The maximum atomic E-state index is 12.4. The van der Waals surface area contributed by atoms with Gasteiger partial charge in [0.15, 0.2) is 0 Å². The number of nitro groups is 2. The number of carbonyl (C=O) groups excluding carboxylic acids is 1. The van der Waals surface area contributed by atoms with E-state index in [0.29, 0.717) is 5.69 Å². The summed E-state index contributed by atoms with van der Waals surface area (Å²) in [5, 5.41) is 24.5. The van der Waals surface area contributed by atoms with E-state index in [1.165, 1.54) is 0 Å². The number of nitrogens with one attached hydrogen (secondary N) is 1. The van der Waals surface area contributed by atoms with Crippen molar-refractivity contribution in [2.45, 2.75) is 20.8 Å². The number of nitrogens with zero attached hydrogens (tertiary/aromatic N) is 2. The van der Waals surface area contributed by atoms with E-state index in [1.54, 1.807) is 0 Å². The van der Waals surface area contributed by atoms with Gasteiger partial charge in [0.25, 0.3) is 17.3 Å². The number of non-ortho nitro benzene ring substituents is 1. The Morgan fingerprint density at radius 2 is 1.54 bits per heavy atom. The van der Waals surface area contributed by atoms with Gasteiger partial charge in [-0.05, 0) is 38.0 Å². The van der Waals surface area contributed by atoms with E-state index < -0.39 is 27.1 Å². The molecule has 8 heteroatoms. The molecule has 8 nitrogen and oxygen atoms in total. The van der Waals surface area contributed by atoms with Crippen LogP contribution in [0.1, 0.15) is 27.0 Å². The van der Waals surface area contributed by atoms with Crippen LogP contribution in [0.3, 0.4) is 0 Å². The first-order chi connectivity index (χ1) is 11.2. The number of rotatable bonds is 4. The second-order valence-corrected chi connectivity index (χ2v) is 5.44. The van der Waals surface area contributed by atoms with Gasteiger partial charge in [0, 0.05) is 11.8 Å². The van der Waals surface area contributed by atoms with Crippen LogP contribution in [0, 0.1) is 41.0 Å². The molecule has 0 saturated carbocycles. The van der Waals surface area contributed by atoms with E-state index in [-0.39, 0.29) is 5.56 Å². The molecule has 2 aromatic rings. The molecule has 1 N–H and O–H groups in total. The minimum atomic E-state index is -0.809. The van der Waals surface area contributed by atoms with Gasteiger partial charge in [0.2, 0.25) is 0 Å². The monoisotopic (exact) mass is 329 g/mol. The van der Waals surface area contributed by atoms with Gasteiger partial charge in [0.05, 0.1) is 15.9 Å². The van der Waals surface area contributed by atoms with Crippen molar-refractivity contribution in [3.8, 4) is 0 Å². The van der Waals surface area contributed by atoms with Crippen molar-refractivity contribution in [1.29, 1.82) is 0 Å². The normalized spacial score (nSPS) is 10.3. The summed E-state index contributed by atoms with van der Waals surface area (Å²) in [4.78, 5) is 32.8. The average molecular weight is 329 g/mol. The molecule has 2 aromatic carbocycles. The Balaban J connectivity index is 2.44. The zero-order valence-electron chi connectivity index (χ0n) is 13.3. The number of hydrogen-bond donors (Lipinski definition) is 1. The van der Waals surface area contributed by atoms with Crippen molar-refractivity contribution in [2.75, 3.05) is 5.32 Å². The van der Waals surface area contributed by atoms with E-state index >= 15 is 0 Å². The maximum absolute atomic E-state index is 12.4. The van der Waals surface area contributed by atoms with Crippen LogP contribution < -0.4 is 5.32 Å². The summed E-state index contributed by atoms with van der Waals surface area (Å²) in [7, 11) is 0. The number of carbonyl (C=O) groups is 1. The van der Waals surface area contributed by atoms with E-state index in [1.807, 2.05) is 32.9 Å². The Kier molecular flexibility index (Phi) is 4.59. The van der Waals surface area contributed by atoms with Gasteiger partial charge in [-0.15, -0.1) is 0 Å². The number of benzene rings is 2. The second kappa shape index (κ2) is 6.45. The third-order valence-electron chi connectivity index (χ3n) is 3.55. The Morgan fingerprint density at radius 3 is 2.04 bits per heavy atom. The minimum absolute atomic E-state index is 0.232. The summed E-state index contributed by atoms with van der Waals surface area (Å²) < 4.78 is 0. The van der Waals surface area contributed by atoms with Crippen LogP contribution in [0.25, 0.3) is 0 Å². The molecule has 0 heterocycles. The van der Waals surface area contributed by atoms with Crippen LogP contribution in [-0.4, -0.2) is 15.8 Å². The van der Waals surface area contributed by atoms with Gasteiger partial charge in [-0.1, -0.05) is 17.7 Å². The SMILES string of the molecule is Cc1cc(C)c(NC(=O)c2ccc([N+](=O)[O-])cc2[N+](=O)[O-])c(C)c1. The molecule has 0 bridgehead atoms. The standard InChI is InChI=1S/C16H15N3O5/c1-9-6-10(2)15(11(3)7-9)17-16(20)13-5-4-12(18(21)22)8-14(13)19(23)24/h4-8H,1-3H3,(H,17,20). The topological polar surface area (TPSA) is 115 Å². The number of aryl methyl sites for hydroxylation is 3. The van der Waals surface area contributed by atoms with Crippen molar-refractivity contribution in [2.24, 2.45) is 0 Å². The minimum Gasteiger partial charge on any atom is -0.321 e. The third-order valence-corrected chi connectivity index (χ3v) is 3.55. The van der Waals surface area contributed by atoms with E-state index in [4.69, 9.17) is 0 Å². The predicted molar refractivity (Wildman–Crippen MR) is 88.4 cm³/mol. The lowest BCUT2D eigenvalue weighted by Gasteiger charge is -2.13. The molecule has 0 atom stereocenters. The fourth-order valence-corrected chi connectivity index (χ4v) is 2.53. The molecule has 0 radical (unpaired) electrons. The lowest BCUT2D eigenvalue weighted by atomic mass is 10.0. The van der Waals surface area contributed by atoms with Crippen molar-refractivity contribution in [1.82, 2.24) is 0 Å². The van der Waals surface area contributed by atoms with Gasteiger partial charge in [0.1, 0.15) is 5.56 Å². The summed E-state index contributed by atoms with van der Waals surface area (Å²) in [5.74, 6) is -0.688. The molecule has 0 aliphatic heterocycles. The van der Waals surface area contributed by atoms with Crippen LogP contribution in [0.5, 0.6) is 0 Å². The van der Waals surface area contributed by atoms with Crippen LogP contribution in [0.15, 0.2) is 30.3 Å².